The lowest BCUT2D eigenvalue weighted by Crippen LogP contribution is -2.34. The van der Waals surface area contributed by atoms with E-state index in [1.165, 1.54) is 7.11 Å². The third kappa shape index (κ3) is 4.71. The van der Waals surface area contributed by atoms with Crippen molar-refractivity contribution in [3.05, 3.63) is 64.9 Å². The van der Waals surface area contributed by atoms with Gasteiger partial charge >= 0.3 is 0 Å². The van der Waals surface area contributed by atoms with Gasteiger partial charge in [0.2, 0.25) is 0 Å². The lowest BCUT2D eigenvalue weighted by Gasteiger charge is -2.23. The van der Waals surface area contributed by atoms with Crippen LogP contribution in [-0.2, 0) is 32.7 Å². The molecule has 0 bridgehead atoms. The summed E-state index contributed by atoms with van der Waals surface area (Å²) in [5, 5.41) is 13.5. The molecule has 0 spiro atoms. The first-order valence-electron chi connectivity index (χ1n) is 10.2. The molecule has 0 aliphatic rings. The fraction of sp³-hybridized carbons (Fsp3) is 0.348. The minimum atomic E-state index is -4.06. The van der Waals surface area contributed by atoms with Gasteiger partial charge in [0, 0.05) is 24.8 Å². The van der Waals surface area contributed by atoms with Gasteiger partial charge in [0.1, 0.15) is 12.5 Å². The smallest absolute Gasteiger partial charge is 0.268 e. The summed E-state index contributed by atoms with van der Waals surface area (Å²) in [5.41, 5.74) is 3.35. The van der Waals surface area contributed by atoms with Crippen molar-refractivity contribution in [3.63, 3.8) is 0 Å². The van der Waals surface area contributed by atoms with Crippen LogP contribution in [0.1, 0.15) is 29.4 Å². The number of hydrogen-bond donors (Lipinski definition) is 1. The molecule has 0 fully saturated rings. The number of rotatable bonds is 10. The molecule has 32 heavy (non-hydrogen) atoms. The number of ether oxygens (including phenoxy) is 2. The SMILES string of the molecule is CCOCc1cc(CO)ccc1-c1ccccc1S(=O)(=O)N(COC)c1noc(C)c1C. The number of anilines is 1. The number of aliphatic hydroxyl groups is 1. The Morgan fingerprint density at radius 2 is 1.88 bits per heavy atom. The van der Waals surface area contributed by atoms with Crippen LogP contribution in [-0.4, -0.2) is 39.1 Å². The maximum absolute atomic E-state index is 13.8. The Balaban J connectivity index is 2.18. The van der Waals surface area contributed by atoms with Gasteiger partial charge in [-0.2, -0.15) is 0 Å². The molecule has 0 amide bonds. The number of aryl methyl sites for hydroxylation is 1. The predicted molar refractivity (Wildman–Crippen MR) is 121 cm³/mol. The van der Waals surface area contributed by atoms with Crippen molar-refractivity contribution in [1.82, 2.24) is 5.16 Å². The van der Waals surface area contributed by atoms with Crippen LogP contribution in [0.3, 0.4) is 0 Å². The molecular weight excluding hydrogens is 432 g/mol. The zero-order chi connectivity index (χ0) is 23.3. The van der Waals surface area contributed by atoms with E-state index in [-0.39, 0.29) is 30.7 Å². The standard InChI is InChI=1S/C23H28N2O6S/c1-5-30-14-19-12-18(13-26)10-11-20(19)21-8-6-7-9-22(21)32(27,28)25(15-29-4)23-16(2)17(3)31-24-23/h6-12,26H,5,13-15H2,1-4H3. The van der Waals surface area contributed by atoms with E-state index in [4.69, 9.17) is 14.0 Å². The summed E-state index contributed by atoms with van der Waals surface area (Å²) in [6.45, 7) is 5.81. The summed E-state index contributed by atoms with van der Waals surface area (Å²) in [7, 11) is -2.64. The normalized spacial score (nSPS) is 11.7. The van der Waals surface area contributed by atoms with E-state index in [1.54, 1.807) is 50.2 Å². The minimum absolute atomic E-state index is 0.103. The van der Waals surface area contributed by atoms with Crippen molar-refractivity contribution >= 4 is 15.8 Å². The first kappa shape index (κ1) is 23.9. The summed E-state index contributed by atoms with van der Waals surface area (Å²) in [4.78, 5) is 0.103. The Hall–Kier alpha value is -2.72. The van der Waals surface area contributed by atoms with Crippen LogP contribution in [0.4, 0.5) is 5.82 Å². The van der Waals surface area contributed by atoms with Crippen molar-refractivity contribution in [3.8, 4) is 11.1 Å². The molecule has 0 atom stereocenters. The van der Waals surface area contributed by atoms with Crippen LogP contribution < -0.4 is 4.31 Å². The largest absolute Gasteiger partial charge is 0.392 e. The molecule has 1 N–H and O–H groups in total. The molecular formula is C23H28N2O6S. The molecule has 1 heterocycles. The number of benzene rings is 2. The van der Waals surface area contributed by atoms with E-state index in [1.807, 2.05) is 13.0 Å². The van der Waals surface area contributed by atoms with Crippen molar-refractivity contribution < 1.29 is 27.5 Å². The molecule has 9 heteroatoms. The molecule has 2 aromatic carbocycles. The molecule has 0 radical (unpaired) electrons. The van der Waals surface area contributed by atoms with Crippen molar-refractivity contribution in [1.29, 1.82) is 0 Å². The topological polar surface area (TPSA) is 102 Å². The van der Waals surface area contributed by atoms with E-state index in [0.717, 1.165) is 15.4 Å². The average Bonchev–Trinajstić information content (AvgIpc) is 3.13. The van der Waals surface area contributed by atoms with Crippen LogP contribution in [0.5, 0.6) is 0 Å². The highest BCUT2D eigenvalue weighted by atomic mass is 32.2. The maximum atomic E-state index is 13.8. The van der Waals surface area contributed by atoms with Gasteiger partial charge in [0.15, 0.2) is 5.82 Å². The predicted octanol–water partition coefficient (Wildman–Crippen LogP) is 3.79. The Morgan fingerprint density at radius 3 is 2.50 bits per heavy atom. The van der Waals surface area contributed by atoms with Crippen LogP contribution in [0, 0.1) is 13.8 Å². The van der Waals surface area contributed by atoms with Crippen molar-refractivity contribution in [2.45, 2.75) is 38.9 Å². The van der Waals surface area contributed by atoms with Gasteiger partial charge in [0.25, 0.3) is 10.0 Å². The second-order valence-corrected chi connectivity index (χ2v) is 9.07. The number of sulfonamides is 1. The Bertz CT molecular complexity index is 1170. The summed E-state index contributed by atoms with van der Waals surface area (Å²) < 4.78 is 44.7. The molecule has 1 aromatic heterocycles. The van der Waals surface area contributed by atoms with Crippen LogP contribution in [0.15, 0.2) is 51.9 Å². The molecule has 3 rings (SSSR count). The third-order valence-electron chi connectivity index (χ3n) is 5.17. The molecule has 0 aliphatic heterocycles. The Morgan fingerprint density at radius 1 is 1.12 bits per heavy atom. The van der Waals surface area contributed by atoms with E-state index in [0.29, 0.717) is 29.1 Å². The molecule has 0 aliphatic carbocycles. The third-order valence-corrected chi connectivity index (χ3v) is 6.94. The average molecular weight is 461 g/mol. The van der Waals surface area contributed by atoms with E-state index in [2.05, 4.69) is 5.16 Å². The molecule has 8 nitrogen and oxygen atoms in total. The number of aromatic nitrogens is 1. The molecule has 172 valence electrons. The monoisotopic (exact) mass is 460 g/mol. The molecule has 0 saturated carbocycles. The second kappa shape index (κ2) is 10.3. The Kier molecular flexibility index (Phi) is 7.68. The fourth-order valence-corrected chi connectivity index (χ4v) is 4.96. The van der Waals surface area contributed by atoms with Gasteiger partial charge in [-0.25, -0.2) is 12.7 Å². The molecule has 3 aromatic rings. The zero-order valence-electron chi connectivity index (χ0n) is 18.7. The first-order chi connectivity index (χ1) is 15.3. The minimum Gasteiger partial charge on any atom is -0.392 e. The zero-order valence-corrected chi connectivity index (χ0v) is 19.5. The summed E-state index contributed by atoms with van der Waals surface area (Å²) in [5.74, 6) is 0.715. The number of methoxy groups -OCH3 is 1. The number of nitrogens with zero attached hydrogens (tertiary/aromatic N) is 2. The van der Waals surface area contributed by atoms with Crippen molar-refractivity contribution in [2.75, 3.05) is 24.8 Å². The number of aliphatic hydroxyl groups excluding tert-OH is 1. The van der Waals surface area contributed by atoms with Gasteiger partial charge in [-0.1, -0.05) is 41.6 Å². The second-order valence-electron chi connectivity index (χ2n) is 7.24. The highest BCUT2D eigenvalue weighted by Crippen LogP contribution is 2.35. The van der Waals surface area contributed by atoms with Crippen LogP contribution in [0.2, 0.25) is 0 Å². The maximum Gasteiger partial charge on any atom is 0.268 e. The lowest BCUT2D eigenvalue weighted by atomic mass is 9.98. The van der Waals surface area contributed by atoms with Gasteiger partial charge in [-0.3, -0.25) is 0 Å². The summed E-state index contributed by atoms with van der Waals surface area (Å²) in [6, 6.07) is 12.2. The fourth-order valence-electron chi connectivity index (χ4n) is 3.37. The van der Waals surface area contributed by atoms with E-state index < -0.39 is 10.0 Å². The highest BCUT2D eigenvalue weighted by molar-refractivity contribution is 7.93. The molecule has 0 saturated heterocycles. The number of hydrogen-bond acceptors (Lipinski definition) is 7. The lowest BCUT2D eigenvalue weighted by molar-refractivity contribution is 0.134. The highest BCUT2D eigenvalue weighted by Gasteiger charge is 2.32. The quantitative estimate of drug-likeness (QED) is 0.459. The van der Waals surface area contributed by atoms with Crippen LogP contribution >= 0.6 is 0 Å². The first-order valence-corrected chi connectivity index (χ1v) is 11.6. The van der Waals surface area contributed by atoms with Gasteiger partial charge in [-0.05, 0) is 43.5 Å². The van der Waals surface area contributed by atoms with Gasteiger partial charge in [0.05, 0.1) is 18.1 Å². The van der Waals surface area contributed by atoms with E-state index >= 15 is 0 Å². The Labute approximate surface area is 188 Å². The van der Waals surface area contributed by atoms with Crippen LogP contribution in [0.25, 0.3) is 11.1 Å². The van der Waals surface area contributed by atoms with E-state index in [9.17, 15) is 13.5 Å². The van der Waals surface area contributed by atoms with Crippen molar-refractivity contribution in [2.24, 2.45) is 0 Å². The van der Waals surface area contributed by atoms with Gasteiger partial charge in [-0.15, -0.1) is 0 Å². The molecule has 0 unspecified atom stereocenters. The van der Waals surface area contributed by atoms with Gasteiger partial charge < -0.3 is 19.1 Å². The summed E-state index contributed by atoms with van der Waals surface area (Å²) in [6.07, 6.45) is 0. The summed E-state index contributed by atoms with van der Waals surface area (Å²) >= 11 is 0.